The number of carbonyl (C=O) groups is 1. The van der Waals surface area contributed by atoms with Crippen molar-refractivity contribution in [2.45, 2.75) is 13.8 Å². The van der Waals surface area contributed by atoms with Crippen molar-refractivity contribution >= 4 is 52.5 Å². The Kier molecular flexibility index (Phi) is 6.29. The van der Waals surface area contributed by atoms with Crippen LogP contribution in [0.3, 0.4) is 0 Å². The molecule has 0 aliphatic carbocycles. The van der Waals surface area contributed by atoms with Crippen LogP contribution >= 0.6 is 23.2 Å². The van der Waals surface area contributed by atoms with E-state index in [0.717, 1.165) is 22.6 Å². The number of carbonyl (C=O) groups excluding carboxylic acids is 1. The van der Waals surface area contributed by atoms with Gasteiger partial charge in [-0.2, -0.15) is 0 Å². The summed E-state index contributed by atoms with van der Waals surface area (Å²) in [4.78, 5) is 20.9. The molecule has 1 amide bonds. The molecule has 5 nitrogen and oxygen atoms in total. The zero-order chi connectivity index (χ0) is 20.1. The maximum Gasteiger partial charge on any atom is 0.248 e. The van der Waals surface area contributed by atoms with Crippen LogP contribution in [0.5, 0.6) is 0 Å². The fourth-order valence-electron chi connectivity index (χ4n) is 2.56. The molecule has 0 radical (unpaired) electrons. The van der Waals surface area contributed by atoms with E-state index in [4.69, 9.17) is 23.2 Å². The van der Waals surface area contributed by atoms with Gasteiger partial charge in [0.2, 0.25) is 11.9 Å². The van der Waals surface area contributed by atoms with Crippen LogP contribution in [0.4, 0.5) is 17.3 Å². The molecule has 28 heavy (non-hydrogen) atoms. The van der Waals surface area contributed by atoms with E-state index in [0.29, 0.717) is 21.7 Å². The van der Waals surface area contributed by atoms with Gasteiger partial charge in [0, 0.05) is 28.8 Å². The van der Waals surface area contributed by atoms with Crippen LogP contribution in [-0.4, -0.2) is 15.9 Å². The zero-order valence-corrected chi connectivity index (χ0v) is 16.8. The molecule has 2 aromatic carbocycles. The largest absolute Gasteiger partial charge is 0.324 e. The summed E-state index contributed by atoms with van der Waals surface area (Å²) < 4.78 is 0. The quantitative estimate of drug-likeness (QED) is 0.519. The Balaban J connectivity index is 1.67. The number of rotatable bonds is 5. The molecule has 0 spiro atoms. The molecule has 2 N–H and O–H groups in total. The van der Waals surface area contributed by atoms with Crippen molar-refractivity contribution in [2.75, 3.05) is 10.6 Å². The maximum atomic E-state index is 12.2. The second kappa shape index (κ2) is 8.87. The Hall–Kier alpha value is -2.89. The van der Waals surface area contributed by atoms with Gasteiger partial charge in [0.15, 0.2) is 0 Å². The predicted octanol–water partition coefficient (Wildman–Crippen LogP) is 5.80. The first-order chi connectivity index (χ1) is 13.4. The molecule has 0 atom stereocenters. The summed E-state index contributed by atoms with van der Waals surface area (Å²) in [5, 5.41) is 6.89. The smallest absolute Gasteiger partial charge is 0.248 e. The van der Waals surface area contributed by atoms with E-state index in [1.165, 1.54) is 6.08 Å². The van der Waals surface area contributed by atoms with E-state index in [9.17, 15) is 4.79 Å². The molecular weight excluding hydrogens is 395 g/mol. The fourth-order valence-corrected chi connectivity index (χ4v) is 2.86. The molecule has 0 aliphatic rings. The van der Waals surface area contributed by atoms with Gasteiger partial charge >= 0.3 is 0 Å². The SMILES string of the molecule is Cc1cc(C)nc(Nc2cccc(NC(=O)/C=C/c3ccc(Cl)c(Cl)c3)c2)n1. The Labute approximate surface area is 173 Å². The minimum atomic E-state index is -0.258. The van der Waals surface area contributed by atoms with Crippen LogP contribution in [-0.2, 0) is 4.79 Å². The normalized spacial score (nSPS) is 10.9. The average molecular weight is 413 g/mol. The number of nitrogens with one attached hydrogen (secondary N) is 2. The van der Waals surface area contributed by atoms with Crippen LogP contribution in [0, 0.1) is 13.8 Å². The van der Waals surface area contributed by atoms with Crippen molar-refractivity contribution in [2.24, 2.45) is 0 Å². The minimum absolute atomic E-state index is 0.258. The van der Waals surface area contributed by atoms with Crippen molar-refractivity contribution in [1.82, 2.24) is 9.97 Å². The zero-order valence-electron chi connectivity index (χ0n) is 15.3. The van der Waals surface area contributed by atoms with E-state index in [2.05, 4.69) is 20.6 Å². The number of benzene rings is 2. The van der Waals surface area contributed by atoms with Crippen LogP contribution in [0.1, 0.15) is 17.0 Å². The monoisotopic (exact) mass is 412 g/mol. The van der Waals surface area contributed by atoms with Crippen molar-refractivity contribution < 1.29 is 4.79 Å². The van der Waals surface area contributed by atoms with E-state index in [1.807, 2.05) is 38.1 Å². The van der Waals surface area contributed by atoms with Gasteiger partial charge in [0.25, 0.3) is 0 Å². The number of hydrogen-bond donors (Lipinski definition) is 2. The standard InChI is InChI=1S/C21H18Cl2N4O/c1-13-10-14(2)25-21(24-13)27-17-5-3-4-16(12-17)26-20(28)9-7-15-6-8-18(22)19(23)11-15/h3-12H,1-2H3,(H,26,28)(H,24,25,27)/b9-7+. The number of halogens is 2. The van der Waals surface area contributed by atoms with Gasteiger partial charge in [0.05, 0.1) is 10.0 Å². The summed E-state index contributed by atoms with van der Waals surface area (Å²) in [5.41, 5.74) is 3.97. The first kappa shape index (κ1) is 19.9. The lowest BCUT2D eigenvalue weighted by Gasteiger charge is -2.09. The van der Waals surface area contributed by atoms with Gasteiger partial charge < -0.3 is 10.6 Å². The average Bonchev–Trinajstić information content (AvgIpc) is 2.62. The highest BCUT2D eigenvalue weighted by Gasteiger charge is 2.03. The second-order valence-corrected chi connectivity index (χ2v) is 6.99. The minimum Gasteiger partial charge on any atom is -0.324 e. The molecule has 1 aromatic heterocycles. The highest BCUT2D eigenvalue weighted by Crippen LogP contribution is 2.23. The van der Waals surface area contributed by atoms with Crippen molar-refractivity contribution in [3.8, 4) is 0 Å². The summed E-state index contributed by atoms with van der Waals surface area (Å²) >= 11 is 11.9. The van der Waals surface area contributed by atoms with Crippen molar-refractivity contribution in [3.63, 3.8) is 0 Å². The van der Waals surface area contributed by atoms with Crippen LogP contribution < -0.4 is 10.6 Å². The molecule has 0 fully saturated rings. The third-order valence-electron chi connectivity index (χ3n) is 3.74. The van der Waals surface area contributed by atoms with E-state index < -0.39 is 0 Å². The number of anilines is 3. The molecule has 7 heteroatoms. The lowest BCUT2D eigenvalue weighted by molar-refractivity contribution is -0.111. The summed E-state index contributed by atoms with van der Waals surface area (Å²) in [6.45, 7) is 3.83. The molecule has 0 saturated heterocycles. The molecule has 0 bridgehead atoms. The Morgan fingerprint density at radius 1 is 0.929 bits per heavy atom. The van der Waals surface area contributed by atoms with Gasteiger partial charge in [-0.05, 0) is 61.9 Å². The van der Waals surface area contributed by atoms with Crippen molar-refractivity contribution in [1.29, 1.82) is 0 Å². The predicted molar refractivity (Wildman–Crippen MR) is 115 cm³/mol. The molecule has 142 valence electrons. The summed E-state index contributed by atoms with van der Waals surface area (Å²) in [7, 11) is 0. The Morgan fingerprint density at radius 3 is 2.36 bits per heavy atom. The van der Waals surface area contributed by atoms with Crippen molar-refractivity contribution in [3.05, 3.63) is 81.6 Å². The molecule has 3 aromatic rings. The van der Waals surface area contributed by atoms with E-state index in [1.54, 1.807) is 30.3 Å². The maximum absolute atomic E-state index is 12.2. The second-order valence-electron chi connectivity index (χ2n) is 6.18. The van der Waals surface area contributed by atoms with Gasteiger partial charge in [-0.25, -0.2) is 9.97 Å². The number of amides is 1. The lowest BCUT2D eigenvalue weighted by atomic mass is 10.2. The van der Waals surface area contributed by atoms with Crippen LogP contribution in [0.2, 0.25) is 10.0 Å². The van der Waals surface area contributed by atoms with Gasteiger partial charge in [-0.3, -0.25) is 4.79 Å². The molecule has 0 aliphatic heterocycles. The molecule has 0 saturated carbocycles. The van der Waals surface area contributed by atoms with E-state index >= 15 is 0 Å². The first-order valence-electron chi connectivity index (χ1n) is 8.52. The molecule has 0 unspecified atom stereocenters. The lowest BCUT2D eigenvalue weighted by Crippen LogP contribution is -2.08. The Bertz CT molecular complexity index is 1030. The first-order valence-corrected chi connectivity index (χ1v) is 9.28. The van der Waals surface area contributed by atoms with Crippen LogP contribution in [0.25, 0.3) is 6.08 Å². The highest BCUT2D eigenvalue weighted by atomic mass is 35.5. The summed E-state index contributed by atoms with van der Waals surface area (Å²) in [6.07, 6.45) is 3.11. The van der Waals surface area contributed by atoms with Gasteiger partial charge in [0.1, 0.15) is 0 Å². The fraction of sp³-hybridized carbons (Fsp3) is 0.0952. The number of nitrogens with zero attached hydrogens (tertiary/aromatic N) is 2. The molecule has 1 heterocycles. The molecule has 3 rings (SSSR count). The topological polar surface area (TPSA) is 66.9 Å². The van der Waals surface area contributed by atoms with E-state index in [-0.39, 0.29) is 5.91 Å². The van der Waals surface area contributed by atoms with Crippen LogP contribution in [0.15, 0.2) is 54.6 Å². The Morgan fingerprint density at radius 2 is 1.64 bits per heavy atom. The molecular formula is C21H18Cl2N4O. The number of aromatic nitrogens is 2. The third-order valence-corrected chi connectivity index (χ3v) is 4.48. The third kappa shape index (κ3) is 5.55. The van der Waals surface area contributed by atoms with Gasteiger partial charge in [-0.15, -0.1) is 0 Å². The highest BCUT2D eigenvalue weighted by molar-refractivity contribution is 6.42. The number of hydrogen-bond acceptors (Lipinski definition) is 4. The summed E-state index contributed by atoms with van der Waals surface area (Å²) in [6, 6.07) is 14.4. The summed E-state index contributed by atoms with van der Waals surface area (Å²) in [5.74, 6) is 0.256. The van der Waals surface area contributed by atoms with Gasteiger partial charge in [-0.1, -0.05) is 35.3 Å². The number of aryl methyl sites for hydroxylation is 2.